The van der Waals surface area contributed by atoms with E-state index < -0.39 is 17.8 Å². The van der Waals surface area contributed by atoms with Crippen LogP contribution in [0.15, 0.2) is 48.5 Å². The molecule has 0 heterocycles. The van der Waals surface area contributed by atoms with Crippen molar-refractivity contribution in [1.82, 2.24) is 0 Å². The van der Waals surface area contributed by atoms with E-state index in [4.69, 9.17) is 5.73 Å². The molecule has 0 aromatic heterocycles. The van der Waals surface area contributed by atoms with Gasteiger partial charge in [0.25, 0.3) is 0 Å². The topological polar surface area (TPSA) is 58.3 Å². The summed E-state index contributed by atoms with van der Waals surface area (Å²) in [5.74, 6) is 0. The molecule has 0 bridgehead atoms. The van der Waals surface area contributed by atoms with E-state index in [2.05, 4.69) is 5.32 Å². The number of rotatable bonds is 4. The molecule has 4 N–H and O–H groups in total. The third-order valence-corrected chi connectivity index (χ3v) is 3.06. The molecule has 2 rings (SSSR count). The SMILES string of the molecule is Nc1ccc(NC(CO)c2ccccc2)c(C(F)(F)F)c1. The molecule has 6 heteroatoms. The Kier molecular flexibility index (Phi) is 4.37. The highest BCUT2D eigenvalue weighted by molar-refractivity contribution is 5.60. The standard InChI is InChI=1S/C15H15F3N2O/c16-15(17,18)12-8-11(19)6-7-13(12)20-14(9-21)10-4-2-1-3-5-10/h1-8,14,20-21H,9,19H2. The molecular weight excluding hydrogens is 281 g/mol. The Balaban J connectivity index is 2.34. The normalized spacial score (nSPS) is 13.0. The predicted octanol–water partition coefficient (Wildman–Crippen LogP) is 3.43. The van der Waals surface area contributed by atoms with Gasteiger partial charge in [-0.2, -0.15) is 13.2 Å². The molecule has 0 amide bonds. The van der Waals surface area contributed by atoms with Crippen LogP contribution in [0.1, 0.15) is 17.2 Å². The Morgan fingerprint density at radius 3 is 2.33 bits per heavy atom. The smallest absolute Gasteiger partial charge is 0.399 e. The highest BCUT2D eigenvalue weighted by atomic mass is 19.4. The van der Waals surface area contributed by atoms with E-state index in [0.29, 0.717) is 5.56 Å². The van der Waals surface area contributed by atoms with Gasteiger partial charge in [0.1, 0.15) is 0 Å². The summed E-state index contributed by atoms with van der Waals surface area (Å²) in [6, 6.07) is 11.7. The molecule has 2 aromatic rings. The van der Waals surface area contributed by atoms with Crippen molar-refractivity contribution in [3.63, 3.8) is 0 Å². The van der Waals surface area contributed by atoms with Crippen LogP contribution in [0.25, 0.3) is 0 Å². The number of halogens is 3. The summed E-state index contributed by atoms with van der Waals surface area (Å²) in [7, 11) is 0. The van der Waals surface area contributed by atoms with Crippen LogP contribution in [0.2, 0.25) is 0 Å². The average molecular weight is 296 g/mol. The number of alkyl halides is 3. The molecule has 1 atom stereocenters. The van der Waals surface area contributed by atoms with E-state index in [1.54, 1.807) is 30.3 Å². The fourth-order valence-electron chi connectivity index (χ4n) is 2.03. The Morgan fingerprint density at radius 2 is 1.76 bits per heavy atom. The number of hydrogen-bond donors (Lipinski definition) is 3. The quantitative estimate of drug-likeness (QED) is 0.758. The van der Waals surface area contributed by atoms with Crippen LogP contribution in [0.4, 0.5) is 24.5 Å². The van der Waals surface area contributed by atoms with Gasteiger partial charge >= 0.3 is 6.18 Å². The van der Waals surface area contributed by atoms with Crippen LogP contribution in [-0.2, 0) is 6.18 Å². The fraction of sp³-hybridized carbons (Fsp3) is 0.200. The number of anilines is 2. The van der Waals surface area contributed by atoms with Gasteiger partial charge in [0.05, 0.1) is 18.2 Å². The van der Waals surface area contributed by atoms with E-state index in [-0.39, 0.29) is 18.0 Å². The van der Waals surface area contributed by atoms with Gasteiger partial charge in [-0.3, -0.25) is 0 Å². The molecule has 0 fully saturated rings. The lowest BCUT2D eigenvalue weighted by atomic mass is 10.1. The van der Waals surface area contributed by atoms with Crippen LogP contribution >= 0.6 is 0 Å². The first-order valence-electron chi connectivity index (χ1n) is 6.31. The van der Waals surface area contributed by atoms with Crippen molar-refractivity contribution in [3.8, 4) is 0 Å². The first-order chi connectivity index (χ1) is 9.91. The van der Waals surface area contributed by atoms with Crippen LogP contribution < -0.4 is 11.1 Å². The summed E-state index contributed by atoms with van der Waals surface area (Å²) in [4.78, 5) is 0. The molecule has 0 aliphatic carbocycles. The Bertz CT molecular complexity index is 600. The van der Waals surface area contributed by atoms with Crippen LogP contribution in [0.5, 0.6) is 0 Å². The summed E-state index contributed by atoms with van der Waals surface area (Å²) in [5.41, 5.74) is 5.19. The molecule has 112 valence electrons. The molecular formula is C15H15F3N2O. The highest BCUT2D eigenvalue weighted by Gasteiger charge is 2.34. The van der Waals surface area contributed by atoms with Gasteiger partial charge in [0, 0.05) is 11.4 Å². The fourth-order valence-corrected chi connectivity index (χ4v) is 2.03. The molecule has 0 aliphatic rings. The molecule has 2 aromatic carbocycles. The van der Waals surface area contributed by atoms with E-state index in [1.165, 1.54) is 12.1 Å². The summed E-state index contributed by atoms with van der Waals surface area (Å²) in [5, 5.41) is 12.1. The maximum absolute atomic E-state index is 13.0. The van der Waals surface area contributed by atoms with Gasteiger partial charge in [-0.1, -0.05) is 30.3 Å². The van der Waals surface area contributed by atoms with Crippen LogP contribution in [-0.4, -0.2) is 11.7 Å². The number of nitrogens with two attached hydrogens (primary N) is 1. The second-order valence-electron chi connectivity index (χ2n) is 4.59. The Morgan fingerprint density at radius 1 is 1.10 bits per heavy atom. The first-order valence-corrected chi connectivity index (χ1v) is 6.31. The Labute approximate surface area is 120 Å². The van der Waals surface area contributed by atoms with Crippen LogP contribution in [0.3, 0.4) is 0 Å². The summed E-state index contributed by atoms with van der Waals surface area (Å²) >= 11 is 0. The maximum Gasteiger partial charge on any atom is 0.418 e. The molecule has 0 saturated carbocycles. The number of benzene rings is 2. The largest absolute Gasteiger partial charge is 0.418 e. The van der Waals surface area contributed by atoms with E-state index in [0.717, 1.165) is 6.07 Å². The lowest BCUT2D eigenvalue weighted by molar-refractivity contribution is -0.136. The highest BCUT2D eigenvalue weighted by Crippen LogP contribution is 2.37. The van der Waals surface area contributed by atoms with Gasteiger partial charge < -0.3 is 16.2 Å². The second-order valence-corrected chi connectivity index (χ2v) is 4.59. The minimum absolute atomic E-state index is 0.0353. The third kappa shape index (κ3) is 3.66. The van der Waals surface area contributed by atoms with Gasteiger partial charge in [0.15, 0.2) is 0 Å². The van der Waals surface area contributed by atoms with Crippen molar-refractivity contribution in [2.45, 2.75) is 12.2 Å². The molecule has 0 saturated heterocycles. The molecule has 3 nitrogen and oxygen atoms in total. The lowest BCUT2D eigenvalue weighted by Gasteiger charge is -2.21. The van der Waals surface area contributed by atoms with Crippen molar-refractivity contribution in [2.75, 3.05) is 17.7 Å². The minimum Gasteiger partial charge on any atom is -0.399 e. The molecule has 0 aliphatic heterocycles. The zero-order valence-corrected chi connectivity index (χ0v) is 11.1. The van der Waals surface area contributed by atoms with Crippen molar-refractivity contribution in [3.05, 3.63) is 59.7 Å². The second kappa shape index (κ2) is 6.05. The monoisotopic (exact) mass is 296 g/mol. The number of hydrogen-bond acceptors (Lipinski definition) is 3. The molecule has 0 spiro atoms. The van der Waals surface area contributed by atoms with Gasteiger partial charge in [-0.05, 0) is 23.8 Å². The molecule has 1 unspecified atom stereocenters. The lowest BCUT2D eigenvalue weighted by Crippen LogP contribution is -2.18. The van der Waals surface area contributed by atoms with Gasteiger partial charge in [-0.15, -0.1) is 0 Å². The van der Waals surface area contributed by atoms with E-state index >= 15 is 0 Å². The zero-order chi connectivity index (χ0) is 15.5. The van der Waals surface area contributed by atoms with Crippen LogP contribution in [0, 0.1) is 0 Å². The molecule has 0 radical (unpaired) electrons. The molecule has 21 heavy (non-hydrogen) atoms. The summed E-state index contributed by atoms with van der Waals surface area (Å²) < 4.78 is 39.1. The average Bonchev–Trinajstić information content (AvgIpc) is 2.46. The van der Waals surface area contributed by atoms with E-state index in [9.17, 15) is 18.3 Å². The van der Waals surface area contributed by atoms with Crippen molar-refractivity contribution < 1.29 is 18.3 Å². The summed E-state index contributed by atoms with van der Waals surface area (Å²) in [6.45, 7) is -0.328. The minimum atomic E-state index is -4.52. The predicted molar refractivity (Wildman–Crippen MR) is 75.7 cm³/mol. The Hall–Kier alpha value is -2.21. The number of aliphatic hydroxyl groups excluding tert-OH is 1. The number of aliphatic hydroxyl groups is 1. The van der Waals surface area contributed by atoms with Crippen molar-refractivity contribution in [2.24, 2.45) is 0 Å². The van der Waals surface area contributed by atoms with E-state index in [1.807, 2.05) is 0 Å². The van der Waals surface area contributed by atoms with Crippen molar-refractivity contribution >= 4 is 11.4 Å². The first kappa shape index (κ1) is 15.2. The maximum atomic E-state index is 13.0. The number of nitrogen functional groups attached to an aromatic ring is 1. The third-order valence-electron chi connectivity index (χ3n) is 3.06. The number of nitrogens with one attached hydrogen (secondary N) is 1. The van der Waals surface area contributed by atoms with Gasteiger partial charge in [0.2, 0.25) is 0 Å². The van der Waals surface area contributed by atoms with Gasteiger partial charge in [-0.25, -0.2) is 0 Å². The van der Waals surface area contributed by atoms with Crippen molar-refractivity contribution in [1.29, 1.82) is 0 Å². The zero-order valence-electron chi connectivity index (χ0n) is 11.1. The summed E-state index contributed by atoms with van der Waals surface area (Å²) in [6.07, 6.45) is -4.52.